The third kappa shape index (κ3) is 1.99. The summed E-state index contributed by atoms with van der Waals surface area (Å²) < 4.78 is 0. The first kappa shape index (κ1) is 11.2. The topological polar surface area (TPSA) is 87.7 Å². The van der Waals surface area contributed by atoms with Gasteiger partial charge in [-0.1, -0.05) is 11.6 Å². The predicted octanol–water partition coefficient (Wildman–Crippen LogP) is 0.674. The van der Waals surface area contributed by atoms with Crippen molar-refractivity contribution in [3.05, 3.63) is 0 Å². The van der Waals surface area contributed by atoms with Crippen LogP contribution >= 0.6 is 0 Å². The zero-order valence-electron chi connectivity index (χ0n) is 9.52. The van der Waals surface area contributed by atoms with Gasteiger partial charge in [0.2, 0.25) is 5.91 Å². The largest absolute Gasteiger partial charge is 0.409 e. The maximum absolute atomic E-state index is 12.0. The molecule has 2 fully saturated rings. The number of hydrogen-bond donors (Lipinski definition) is 3. The number of nitrogens with two attached hydrogens (primary N) is 1. The van der Waals surface area contributed by atoms with Crippen LogP contribution in [-0.2, 0) is 4.79 Å². The van der Waals surface area contributed by atoms with Crippen LogP contribution in [0.4, 0.5) is 0 Å². The molecule has 90 valence electrons. The lowest BCUT2D eigenvalue weighted by atomic mass is 9.88. The number of amidine groups is 1. The maximum Gasteiger partial charge on any atom is 0.223 e. The second kappa shape index (κ2) is 4.31. The molecule has 2 aliphatic carbocycles. The number of fused-ring (bicyclic) bond motifs is 2. The second-order valence-electron chi connectivity index (χ2n) is 5.04. The van der Waals surface area contributed by atoms with Crippen molar-refractivity contribution in [2.45, 2.75) is 38.6 Å². The van der Waals surface area contributed by atoms with E-state index < -0.39 is 6.04 Å². The molecule has 0 spiro atoms. The first-order chi connectivity index (χ1) is 7.61. The molecule has 1 amide bonds. The molecule has 4 unspecified atom stereocenters. The molecule has 0 saturated heterocycles. The SMILES string of the molecule is CC(NC(=O)C1CC2CCC1C2)/C(N)=N/O. The second-order valence-corrected chi connectivity index (χ2v) is 5.04. The van der Waals surface area contributed by atoms with E-state index in [4.69, 9.17) is 10.9 Å². The summed E-state index contributed by atoms with van der Waals surface area (Å²) in [4.78, 5) is 12.0. The van der Waals surface area contributed by atoms with Crippen molar-refractivity contribution in [1.29, 1.82) is 0 Å². The molecule has 4 N–H and O–H groups in total. The van der Waals surface area contributed by atoms with Crippen LogP contribution in [0.25, 0.3) is 0 Å². The molecule has 2 bridgehead atoms. The Kier molecular flexibility index (Phi) is 3.03. The Morgan fingerprint density at radius 1 is 1.50 bits per heavy atom. The first-order valence-corrected chi connectivity index (χ1v) is 5.89. The summed E-state index contributed by atoms with van der Waals surface area (Å²) in [6, 6.07) is -0.392. The lowest BCUT2D eigenvalue weighted by Crippen LogP contribution is -2.45. The van der Waals surface area contributed by atoms with Crippen molar-refractivity contribution in [3.8, 4) is 0 Å². The van der Waals surface area contributed by atoms with Gasteiger partial charge in [0.15, 0.2) is 5.84 Å². The zero-order chi connectivity index (χ0) is 11.7. The minimum absolute atomic E-state index is 0.0523. The van der Waals surface area contributed by atoms with E-state index in [9.17, 15) is 4.79 Å². The third-order valence-electron chi connectivity index (χ3n) is 3.99. The van der Waals surface area contributed by atoms with E-state index in [-0.39, 0.29) is 17.7 Å². The molecule has 0 aromatic rings. The van der Waals surface area contributed by atoms with Crippen molar-refractivity contribution in [1.82, 2.24) is 5.32 Å². The Balaban J connectivity index is 1.89. The van der Waals surface area contributed by atoms with Gasteiger partial charge in [0, 0.05) is 5.92 Å². The van der Waals surface area contributed by atoms with Crippen LogP contribution in [0.3, 0.4) is 0 Å². The molecule has 4 atom stereocenters. The number of hydrogen-bond acceptors (Lipinski definition) is 3. The first-order valence-electron chi connectivity index (χ1n) is 5.89. The minimum atomic E-state index is -0.392. The van der Waals surface area contributed by atoms with E-state index in [1.807, 2.05) is 0 Å². The van der Waals surface area contributed by atoms with Gasteiger partial charge in [-0.2, -0.15) is 0 Å². The lowest BCUT2D eigenvalue weighted by molar-refractivity contribution is -0.126. The fraction of sp³-hybridized carbons (Fsp3) is 0.818. The Morgan fingerprint density at radius 2 is 2.25 bits per heavy atom. The van der Waals surface area contributed by atoms with Crippen molar-refractivity contribution in [2.24, 2.45) is 28.6 Å². The van der Waals surface area contributed by atoms with Crippen LogP contribution < -0.4 is 11.1 Å². The van der Waals surface area contributed by atoms with Gasteiger partial charge in [-0.3, -0.25) is 4.79 Å². The molecule has 2 aliphatic rings. The van der Waals surface area contributed by atoms with Gasteiger partial charge < -0.3 is 16.3 Å². The quantitative estimate of drug-likeness (QED) is 0.285. The highest BCUT2D eigenvalue weighted by Crippen LogP contribution is 2.48. The monoisotopic (exact) mass is 225 g/mol. The number of carbonyl (C=O) groups excluding carboxylic acids is 1. The summed E-state index contributed by atoms with van der Waals surface area (Å²) in [5.41, 5.74) is 5.42. The molecule has 5 heteroatoms. The van der Waals surface area contributed by atoms with Crippen LogP contribution in [0, 0.1) is 17.8 Å². The molecule has 0 heterocycles. The van der Waals surface area contributed by atoms with Crippen LogP contribution in [-0.4, -0.2) is 23.0 Å². The van der Waals surface area contributed by atoms with Gasteiger partial charge in [0.25, 0.3) is 0 Å². The van der Waals surface area contributed by atoms with Gasteiger partial charge in [-0.05, 0) is 38.0 Å². The highest BCUT2D eigenvalue weighted by atomic mass is 16.4. The van der Waals surface area contributed by atoms with Gasteiger partial charge in [-0.15, -0.1) is 0 Å². The van der Waals surface area contributed by atoms with Crippen molar-refractivity contribution >= 4 is 11.7 Å². The fourth-order valence-corrected chi connectivity index (χ4v) is 3.05. The van der Waals surface area contributed by atoms with Gasteiger partial charge in [0.05, 0.1) is 6.04 Å². The summed E-state index contributed by atoms with van der Waals surface area (Å²) in [5, 5.41) is 14.2. The summed E-state index contributed by atoms with van der Waals surface area (Å²) in [5.74, 6) is 1.57. The average molecular weight is 225 g/mol. The average Bonchev–Trinajstić information content (AvgIpc) is 2.89. The van der Waals surface area contributed by atoms with Gasteiger partial charge in [-0.25, -0.2) is 0 Å². The molecule has 0 aliphatic heterocycles. The fourth-order valence-electron chi connectivity index (χ4n) is 3.05. The highest BCUT2D eigenvalue weighted by Gasteiger charge is 2.43. The number of rotatable bonds is 3. The minimum Gasteiger partial charge on any atom is -0.409 e. The van der Waals surface area contributed by atoms with Gasteiger partial charge in [0.1, 0.15) is 0 Å². The predicted molar refractivity (Wildman–Crippen MR) is 60.0 cm³/mol. The van der Waals surface area contributed by atoms with Crippen LogP contribution in [0.5, 0.6) is 0 Å². The molecule has 2 rings (SSSR count). The summed E-state index contributed by atoms with van der Waals surface area (Å²) in [6.45, 7) is 1.72. The third-order valence-corrected chi connectivity index (χ3v) is 3.99. The zero-order valence-corrected chi connectivity index (χ0v) is 9.52. The van der Waals surface area contributed by atoms with E-state index in [1.165, 1.54) is 19.3 Å². The molecule has 0 aromatic carbocycles. The maximum atomic E-state index is 12.0. The van der Waals surface area contributed by atoms with E-state index in [1.54, 1.807) is 6.92 Å². The molecular weight excluding hydrogens is 206 g/mol. The Morgan fingerprint density at radius 3 is 2.75 bits per heavy atom. The smallest absolute Gasteiger partial charge is 0.223 e. The summed E-state index contributed by atoms with van der Waals surface area (Å²) in [6.07, 6.45) is 4.68. The number of nitrogens with zero attached hydrogens (tertiary/aromatic N) is 1. The number of amides is 1. The number of oxime groups is 1. The number of carbonyl (C=O) groups is 1. The van der Waals surface area contributed by atoms with Gasteiger partial charge >= 0.3 is 0 Å². The molecule has 5 nitrogen and oxygen atoms in total. The normalized spacial score (nSPS) is 35.1. The van der Waals surface area contributed by atoms with Crippen LogP contribution in [0.15, 0.2) is 5.16 Å². The standard InChI is InChI=1S/C11H19N3O2/c1-6(10(12)14-16)13-11(15)9-5-7-2-3-8(9)4-7/h6-9,16H,2-5H2,1H3,(H2,12,14)(H,13,15). The lowest BCUT2D eigenvalue weighted by Gasteiger charge is -2.22. The van der Waals surface area contributed by atoms with E-state index in [2.05, 4.69) is 10.5 Å². The summed E-state index contributed by atoms with van der Waals surface area (Å²) >= 11 is 0. The Labute approximate surface area is 95.1 Å². The molecular formula is C11H19N3O2. The Hall–Kier alpha value is -1.26. The highest BCUT2D eigenvalue weighted by molar-refractivity contribution is 5.90. The van der Waals surface area contributed by atoms with Crippen LogP contribution in [0.1, 0.15) is 32.6 Å². The molecule has 16 heavy (non-hydrogen) atoms. The number of nitrogens with one attached hydrogen (secondary N) is 1. The summed E-state index contributed by atoms with van der Waals surface area (Å²) in [7, 11) is 0. The van der Waals surface area contributed by atoms with E-state index >= 15 is 0 Å². The van der Waals surface area contributed by atoms with E-state index in [0.717, 1.165) is 12.3 Å². The van der Waals surface area contributed by atoms with E-state index in [0.29, 0.717) is 5.92 Å². The van der Waals surface area contributed by atoms with Crippen molar-refractivity contribution < 1.29 is 10.0 Å². The Bertz CT molecular complexity index is 316. The molecule has 0 radical (unpaired) electrons. The van der Waals surface area contributed by atoms with Crippen LogP contribution in [0.2, 0.25) is 0 Å². The molecule has 0 aromatic heterocycles. The molecule has 2 saturated carbocycles. The van der Waals surface area contributed by atoms with Crippen molar-refractivity contribution in [2.75, 3.05) is 0 Å². The van der Waals surface area contributed by atoms with Crippen molar-refractivity contribution in [3.63, 3.8) is 0 Å².